The smallest absolute Gasteiger partial charge is 0.256 e. The first kappa shape index (κ1) is 30.6. The highest BCUT2D eigenvalue weighted by molar-refractivity contribution is 14.1. The number of carbonyl (C=O) groups excluding carboxylic acids is 1. The molecule has 1 atom stereocenters. The van der Waals surface area contributed by atoms with Crippen LogP contribution in [-0.2, 0) is 0 Å². The second-order valence-electron chi connectivity index (χ2n) is 9.97. The molecule has 3 aromatic carbocycles. The van der Waals surface area contributed by atoms with Crippen molar-refractivity contribution in [1.29, 1.82) is 0 Å². The first-order chi connectivity index (χ1) is 20.9. The minimum atomic E-state index is -0.00699. The topological polar surface area (TPSA) is 97.3 Å². The molecule has 3 aromatic rings. The van der Waals surface area contributed by atoms with E-state index in [4.69, 9.17) is 33.2 Å². The third-order valence-corrected chi connectivity index (χ3v) is 8.14. The molecule has 2 heterocycles. The largest absolute Gasteiger partial charge is 0.494 e. The van der Waals surface area contributed by atoms with Gasteiger partial charge in [-0.25, -0.2) is 0 Å². The monoisotopic (exact) mass is 702 g/mol. The van der Waals surface area contributed by atoms with Crippen molar-refractivity contribution in [1.82, 2.24) is 4.90 Å². The molecule has 2 aliphatic rings. The fraction of sp³-hybridized carbons (Fsp3) is 0.375. The number of carbonyl (C=O) groups is 1. The Labute approximate surface area is 265 Å². The Balaban J connectivity index is 1.12. The van der Waals surface area contributed by atoms with Crippen LogP contribution in [0, 0.1) is 3.57 Å². The molecule has 43 heavy (non-hydrogen) atoms. The quantitative estimate of drug-likeness (QED) is 0.144. The number of methoxy groups -OCH3 is 4. The summed E-state index contributed by atoms with van der Waals surface area (Å²) in [4.78, 5) is 19.5. The lowest BCUT2D eigenvalue weighted by atomic mass is 10.1. The Hall–Kier alpha value is -3.87. The number of rotatable bonds is 13. The second-order valence-corrected chi connectivity index (χ2v) is 11.1. The molecule has 1 fully saturated rings. The highest BCUT2D eigenvalue weighted by Crippen LogP contribution is 2.43. The van der Waals surface area contributed by atoms with Crippen LogP contribution < -0.4 is 33.2 Å². The number of benzene rings is 3. The summed E-state index contributed by atoms with van der Waals surface area (Å²) in [5, 5.41) is 0. The van der Waals surface area contributed by atoms with Crippen LogP contribution in [0.4, 0.5) is 5.69 Å². The minimum Gasteiger partial charge on any atom is -0.494 e. The Morgan fingerprint density at radius 3 is 2.21 bits per heavy atom. The molecule has 1 amide bonds. The number of amides is 1. The van der Waals surface area contributed by atoms with Crippen LogP contribution in [0.1, 0.15) is 36.0 Å². The van der Waals surface area contributed by atoms with E-state index in [2.05, 4.69) is 27.6 Å². The molecule has 2 aliphatic heterocycles. The van der Waals surface area contributed by atoms with Gasteiger partial charge in [-0.2, -0.15) is 0 Å². The highest BCUT2D eigenvalue weighted by Gasteiger charge is 2.32. The van der Waals surface area contributed by atoms with Crippen molar-refractivity contribution >= 4 is 40.4 Å². The summed E-state index contributed by atoms with van der Waals surface area (Å²) < 4.78 is 40.8. The minimum absolute atomic E-state index is 0.00699. The van der Waals surface area contributed by atoms with Gasteiger partial charge < -0.3 is 38.1 Å². The van der Waals surface area contributed by atoms with Gasteiger partial charge in [0.25, 0.3) is 5.91 Å². The molecule has 1 saturated heterocycles. The zero-order valence-electron chi connectivity index (χ0n) is 24.7. The van der Waals surface area contributed by atoms with Gasteiger partial charge in [-0.15, -0.1) is 0 Å². The fourth-order valence-electron chi connectivity index (χ4n) is 5.09. The van der Waals surface area contributed by atoms with E-state index in [0.717, 1.165) is 41.5 Å². The van der Waals surface area contributed by atoms with Gasteiger partial charge in [-0.1, -0.05) is 0 Å². The van der Waals surface area contributed by atoms with Crippen molar-refractivity contribution in [2.75, 3.05) is 48.2 Å². The van der Waals surface area contributed by atoms with E-state index in [1.165, 1.54) is 0 Å². The summed E-state index contributed by atoms with van der Waals surface area (Å²) in [6, 6.07) is 12.8. The summed E-state index contributed by atoms with van der Waals surface area (Å²) in [5.41, 5.74) is 1.17. The molecule has 0 unspecified atom stereocenters. The van der Waals surface area contributed by atoms with E-state index in [9.17, 15) is 4.79 Å². The molecule has 0 spiro atoms. The van der Waals surface area contributed by atoms with Crippen molar-refractivity contribution in [3.8, 4) is 46.0 Å². The van der Waals surface area contributed by atoms with Gasteiger partial charge in [0.15, 0.2) is 23.0 Å². The summed E-state index contributed by atoms with van der Waals surface area (Å²) in [6.45, 7) is 1.76. The number of unbranched alkanes of at least 4 members (excludes halogenated alkanes) is 1. The van der Waals surface area contributed by atoms with E-state index >= 15 is 0 Å². The highest BCUT2D eigenvalue weighted by atomic mass is 127. The summed E-state index contributed by atoms with van der Waals surface area (Å²) >= 11 is 2.22. The lowest BCUT2D eigenvalue weighted by molar-refractivity contribution is 0.0774. The molecule has 10 nitrogen and oxygen atoms in total. The third kappa shape index (κ3) is 6.87. The first-order valence-corrected chi connectivity index (χ1v) is 15.1. The van der Waals surface area contributed by atoms with Crippen molar-refractivity contribution < 1.29 is 38.0 Å². The number of ether oxygens (including phenoxy) is 7. The molecule has 0 bridgehead atoms. The zero-order chi connectivity index (χ0) is 30.3. The lowest BCUT2D eigenvalue weighted by Gasteiger charge is -2.20. The van der Waals surface area contributed by atoms with Crippen molar-refractivity contribution in [2.45, 2.75) is 31.7 Å². The second kappa shape index (κ2) is 14.1. The van der Waals surface area contributed by atoms with Gasteiger partial charge in [0.05, 0.1) is 62.5 Å². The summed E-state index contributed by atoms with van der Waals surface area (Å²) in [6.07, 6.45) is 5.38. The van der Waals surface area contributed by atoms with Crippen LogP contribution in [-0.4, -0.2) is 71.3 Å². The maximum Gasteiger partial charge on any atom is 0.256 e. The molecule has 11 heteroatoms. The van der Waals surface area contributed by atoms with Gasteiger partial charge in [-0.05, 0) is 72.5 Å². The number of aliphatic imine (C=N–C) groups is 1. The zero-order valence-corrected chi connectivity index (χ0v) is 26.8. The Bertz CT molecular complexity index is 1470. The van der Waals surface area contributed by atoms with Gasteiger partial charge in [0.1, 0.15) is 17.2 Å². The van der Waals surface area contributed by atoms with Gasteiger partial charge in [0.2, 0.25) is 5.75 Å². The maximum atomic E-state index is 13.1. The lowest BCUT2D eigenvalue weighted by Crippen LogP contribution is -2.35. The van der Waals surface area contributed by atoms with Crippen LogP contribution in [0.3, 0.4) is 0 Å². The maximum absolute atomic E-state index is 13.1. The average Bonchev–Trinajstić information content (AvgIpc) is 3.46. The molecule has 0 N–H and O–H groups in total. The van der Waals surface area contributed by atoms with Gasteiger partial charge >= 0.3 is 0 Å². The van der Waals surface area contributed by atoms with Gasteiger partial charge in [-0.3, -0.25) is 9.79 Å². The van der Waals surface area contributed by atoms with Crippen molar-refractivity contribution in [3.63, 3.8) is 0 Å². The SMILES string of the molecule is COc1cc2c(cc1OCCCCOc1ccc(Oc3cc(OC)c(OC)c(OC)c3)c(I)c1)N=C[C@@H]1CCCN1C2=O. The summed E-state index contributed by atoms with van der Waals surface area (Å²) in [7, 11) is 6.27. The third-order valence-electron chi connectivity index (χ3n) is 7.29. The van der Waals surface area contributed by atoms with Crippen molar-refractivity contribution in [2.24, 2.45) is 4.99 Å². The summed E-state index contributed by atoms with van der Waals surface area (Å²) in [5.74, 6) is 4.61. The molecular weight excluding hydrogens is 667 g/mol. The molecule has 0 aromatic heterocycles. The average molecular weight is 703 g/mol. The number of hydrogen-bond acceptors (Lipinski definition) is 9. The van der Waals surface area contributed by atoms with Crippen LogP contribution in [0.2, 0.25) is 0 Å². The van der Waals surface area contributed by atoms with E-state index in [1.54, 1.807) is 52.7 Å². The van der Waals surface area contributed by atoms with Crippen molar-refractivity contribution in [3.05, 3.63) is 51.6 Å². The molecule has 5 rings (SSSR count). The molecule has 0 saturated carbocycles. The predicted molar refractivity (Wildman–Crippen MR) is 171 cm³/mol. The standard InChI is InChI=1S/C32H35IN2O8/c1-37-27-17-23-25(34-19-20-8-7-11-35(20)32(23)36)18-28(27)42-13-6-5-12-41-21-9-10-26(24(33)14-21)43-22-15-29(38-2)31(40-4)30(16-22)39-3/h9-10,14-20H,5-8,11-13H2,1-4H3/t20-/m0/s1. The Morgan fingerprint density at radius 2 is 1.53 bits per heavy atom. The van der Waals surface area contributed by atoms with Gasteiger partial charge in [0, 0.05) is 31.0 Å². The van der Waals surface area contributed by atoms with Crippen LogP contribution in [0.5, 0.6) is 46.0 Å². The van der Waals surface area contributed by atoms with E-state index < -0.39 is 0 Å². The molecular formula is C32H35IN2O8. The first-order valence-electron chi connectivity index (χ1n) is 14.1. The van der Waals surface area contributed by atoms with E-state index in [1.807, 2.05) is 29.3 Å². The number of fused-ring (bicyclic) bond motifs is 2. The number of halogens is 1. The van der Waals surface area contributed by atoms with E-state index in [-0.39, 0.29) is 11.9 Å². The number of hydrogen-bond donors (Lipinski definition) is 0. The van der Waals surface area contributed by atoms with E-state index in [0.29, 0.717) is 64.7 Å². The van der Waals surface area contributed by atoms with Crippen LogP contribution in [0.25, 0.3) is 0 Å². The number of nitrogens with zero attached hydrogens (tertiary/aromatic N) is 2. The Morgan fingerprint density at radius 1 is 0.814 bits per heavy atom. The van der Waals surface area contributed by atoms with Crippen LogP contribution in [0.15, 0.2) is 47.5 Å². The predicted octanol–water partition coefficient (Wildman–Crippen LogP) is 6.68. The van der Waals surface area contributed by atoms with Crippen LogP contribution >= 0.6 is 22.6 Å². The molecule has 0 radical (unpaired) electrons. The Kier molecular flexibility index (Phi) is 10.0. The molecule has 0 aliphatic carbocycles. The fourth-order valence-corrected chi connectivity index (χ4v) is 5.69. The molecule has 228 valence electrons. The normalized spacial score (nSPS) is 15.3.